The number of aliphatic hydroxyl groups is 1. The summed E-state index contributed by atoms with van der Waals surface area (Å²) in [5.74, 6) is -4.71. The van der Waals surface area contributed by atoms with Crippen molar-refractivity contribution in [2.75, 3.05) is 0 Å². The largest absolute Gasteiger partial charge is 0.508 e. The predicted octanol–water partition coefficient (Wildman–Crippen LogP) is 4.99. The summed E-state index contributed by atoms with van der Waals surface area (Å²) in [5, 5.41) is 33.4. The van der Waals surface area contributed by atoms with E-state index in [0.29, 0.717) is 23.1 Å². The van der Waals surface area contributed by atoms with E-state index in [9.17, 15) is 24.9 Å². The lowest BCUT2D eigenvalue weighted by molar-refractivity contribution is -0.421. The van der Waals surface area contributed by atoms with E-state index < -0.39 is 57.9 Å². The number of Topliss-reactive ketones (excluding diaryl/α,β-unsaturated/α-hetero) is 1. The lowest BCUT2D eigenvalue weighted by atomic mass is 9.55. The molecule has 2 saturated heterocycles. The molecule has 7 rings (SSSR count). The van der Waals surface area contributed by atoms with Gasteiger partial charge in [-0.3, -0.25) is 9.59 Å². The first kappa shape index (κ1) is 29.2. The summed E-state index contributed by atoms with van der Waals surface area (Å²) in [5.41, 5.74) is -2.81. The molecule has 44 heavy (non-hydrogen) atoms. The minimum absolute atomic E-state index is 0.00116. The molecule has 2 heterocycles. The Balaban J connectivity index is 1.49. The van der Waals surface area contributed by atoms with Crippen LogP contribution < -0.4 is 0 Å². The molecule has 230 valence electrons. The number of hydrogen-bond donors (Lipinski definition) is 3. The van der Waals surface area contributed by atoms with Crippen molar-refractivity contribution >= 4 is 11.8 Å². The fourth-order valence-electron chi connectivity index (χ4n) is 8.88. The van der Waals surface area contributed by atoms with E-state index in [1.54, 1.807) is 26.0 Å². The fraction of sp³-hybridized carbons (Fsp3) is 0.444. The van der Waals surface area contributed by atoms with Gasteiger partial charge in [0.15, 0.2) is 5.78 Å². The van der Waals surface area contributed by atoms with Crippen molar-refractivity contribution < 1.29 is 39.1 Å². The van der Waals surface area contributed by atoms with Crippen LogP contribution >= 0.6 is 0 Å². The third-order valence-electron chi connectivity index (χ3n) is 11.2. The quantitative estimate of drug-likeness (QED) is 0.398. The number of rotatable bonds is 6. The van der Waals surface area contributed by atoms with Crippen LogP contribution in [0.15, 0.2) is 90.0 Å². The van der Waals surface area contributed by atoms with Crippen LogP contribution in [-0.4, -0.2) is 56.0 Å². The van der Waals surface area contributed by atoms with Gasteiger partial charge in [-0.2, -0.15) is 0 Å². The number of benzene rings is 2. The number of ether oxygens (including phenoxy) is 3. The predicted molar refractivity (Wildman–Crippen MR) is 160 cm³/mol. The Hall–Kier alpha value is -3.56. The zero-order valence-electron chi connectivity index (χ0n) is 25.4. The molecule has 9 unspecified atom stereocenters. The maximum absolute atomic E-state index is 14.0. The Morgan fingerprint density at radius 2 is 1.77 bits per heavy atom. The Morgan fingerprint density at radius 1 is 1.09 bits per heavy atom. The minimum atomic E-state index is -1.96. The topological polar surface area (TPSA) is 123 Å². The van der Waals surface area contributed by atoms with Crippen LogP contribution in [0.5, 0.6) is 5.75 Å². The molecule has 0 amide bonds. The molecule has 0 aromatic heterocycles. The van der Waals surface area contributed by atoms with Crippen molar-refractivity contribution in [3.8, 4) is 5.75 Å². The van der Waals surface area contributed by atoms with E-state index >= 15 is 0 Å². The van der Waals surface area contributed by atoms with E-state index in [4.69, 9.17) is 14.2 Å². The first-order valence-corrected chi connectivity index (χ1v) is 15.2. The van der Waals surface area contributed by atoms with Crippen molar-refractivity contribution in [2.45, 2.75) is 81.3 Å². The lowest BCUT2D eigenvalue weighted by Crippen LogP contribution is -2.70. The second-order valence-electron chi connectivity index (χ2n) is 13.7. The number of phenols is 1. The van der Waals surface area contributed by atoms with Crippen LogP contribution in [0.4, 0.5) is 0 Å². The number of carbonyl (C=O) groups is 2. The van der Waals surface area contributed by atoms with E-state index in [-0.39, 0.29) is 24.5 Å². The number of fused-ring (bicyclic) bond motifs is 2. The van der Waals surface area contributed by atoms with Crippen molar-refractivity contribution in [3.63, 3.8) is 0 Å². The lowest BCUT2D eigenvalue weighted by Gasteiger charge is -2.59. The maximum Gasteiger partial charge on any atom is 0.318 e. The third-order valence-corrected chi connectivity index (χ3v) is 11.2. The molecule has 0 spiro atoms. The van der Waals surface area contributed by atoms with Crippen LogP contribution in [0.25, 0.3) is 0 Å². The Kier molecular flexibility index (Phi) is 6.12. The second-order valence-corrected chi connectivity index (χ2v) is 13.7. The van der Waals surface area contributed by atoms with Gasteiger partial charge in [-0.05, 0) is 73.1 Å². The molecule has 3 N–H and O–H groups in total. The zero-order valence-corrected chi connectivity index (χ0v) is 25.4. The van der Waals surface area contributed by atoms with Gasteiger partial charge in [0.2, 0.25) is 0 Å². The summed E-state index contributed by atoms with van der Waals surface area (Å²) in [6.07, 6.45) is 3.64. The van der Waals surface area contributed by atoms with Crippen molar-refractivity contribution in [2.24, 2.45) is 17.8 Å². The molecule has 5 aliphatic rings. The van der Waals surface area contributed by atoms with E-state index in [1.165, 1.54) is 12.1 Å². The molecule has 8 nitrogen and oxygen atoms in total. The monoisotopic (exact) mass is 598 g/mol. The Labute approximate surface area is 256 Å². The van der Waals surface area contributed by atoms with Gasteiger partial charge in [-0.1, -0.05) is 68.1 Å². The van der Waals surface area contributed by atoms with Gasteiger partial charge in [-0.25, -0.2) is 0 Å². The fourth-order valence-corrected chi connectivity index (χ4v) is 8.88. The van der Waals surface area contributed by atoms with Crippen LogP contribution in [0.1, 0.15) is 51.7 Å². The number of hydrogen-bond acceptors (Lipinski definition) is 7. The molecule has 2 aliphatic heterocycles. The van der Waals surface area contributed by atoms with Gasteiger partial charge in [0.1, 0.15) is 28.5 Å². The molecule has 8 heteroatoms. The number of phenolic OH excluding ortho intramolecular Hbond substituents is 1. The standard InChI is InChI=1S/C36H38O8/c1-20(2)34-17-22(4)36-27(30(34)42-35(43-34,44-36)18-23-9-7-6-8-10-23)16-25(19-33(41)28(36)15-21(3)29(33)38)32(5,31(39)40)24-11-13-26(37)14-12-24/h6-16,22,27-28,30,37,41H,1,17-19H2,2-5H3,(H,39,40). The Bertz CT molecular complexity index is 1640. The van der Waals surface area contributed by atoms with Gasteiger partial charge >= 0.3 is 5.97 Å². The van der Waals surface area contributed by atoms with Crippen LogP contribution in [0.3, 0.4) is 0 Å². The highest BCUT2D eigenvalue weighted by Crippen LogP contribution is 2.69. The smallest absolute Gasteiger partial charge is 0.318 e. The van der Waals surface area contributed by atoms with Gasteiger partial charge < -0.3 is 29.5 Å². The number of aliphatic carboxylic acids is 1. The highest BCUT2D eigenvalue weighted by atomic mass is 16.9. The number of ketones is 1. The minimum Gasteiger partial charge on any atom is -0.508 e. The zero-order chi connectivity index (χ0) is 31.4. The Morgan fingerprint density at radius 3 is 2.41 bits per heavy atom. The molecule has 3 aliphatic carbocycles. The van der Waals surface area contributed by atoms with Crippen molar-refractivity contribution in [1.82, 2.24) is 0 Å². The highest BCUT2D eigenvalue weighted by molar-refractivity contribution is 6.05. The van der Waals surface area contributed by atoms with Crippen LogP contribution in [0.2, 0.25) is 0 Å². The summed E-state index contributed by atoms with van der Waals surface area (Å²) in [6.45, 7) is 11.6. The second kappa shape index (κ2) is 9.23. The van der Waals surface area contributed by atoms with Crippen molar-refractivity contribution in [1.29, 1.82) is 0 Å². The molecular formula is C36H38O8. The summed E-state index contributed by atoms with van der Waals surface area (Å²) in [7, 11) is 0. The molecule has 3 fully saturated rings. The van der Waals surface area contributed by atoms with Gasteiger partial charge in [-0.15, -0.1) is 0 Å². The maximum atomic E-state index is 14.0. The summed E-state index contributed by atoms with van der Waals surface area (Å²) < 4.78 is 20.9. The molecule has 0 radical (unpaired) electrons. The van der Waals surface area contributed by atoms with Gasteiger partial charge in [0, 0.05) is 18.3 Å². The number of carboxylic acids is 1. The number of carbonyl (C=O) groups excluding carboxylic acids is 1. The summed E-state index contributed by atoms with van der Waals surface area (Å²) >= 11 is 0. The van der Waals surface area contributed by atoms with Gasteiger partial charge in [0.25, 0.3) is 5.97 Å². The van der Waals surface area contributed by atoms with Gasteiger partial charge in [0.05, 0.1) is 12.0 Å². The molecule has 9 atom stereocenters. The molecule has 2 aromatic carbocycles. The van der Waals surface area contributed by atoms with Crippen LogP contribution in [-0.2, 0) is 35.6 Å². The van der Waals surface area contributed by atoms with Crippen LogP contribution in [0, 0.1) is 17.8 Å². The van der Waals surface area contributed by atoms with E-state index in [1.807, 2.05) is 49.4 Å². The number of carboxylic acid groups (broad SMARTS) is 1. The van der Waals surface area contributed by atoms with E-state index in [0.717, 1.165) is 11.1 Å². The number of aromatic hydroxyl groups is 1. The first-order chi connectivity index (χ1) is 20.7. The van der Waals surface area contributed by atoms with Crippen molar-refractivity contribution in [3.05, 3.63) is 101 Å². The third kappa shape index (κ3) is 3.59. The average molecular weight is 599 g/mol. The molecule has 1 saturated carbocycles. The summed E-state index contributed by atoms with van der Waals surface area (Å²) in [6, 6.07) is 15.8. The summed E-state index contributed by atoms with van der Waals surface area (Å²) in [4.78, 5) is 27.2. The SMILES string of the molecule is C=C(C)C12CC(C)C34OC(Cc5ccccc5)(OC1C3C=C(C(C)(C(=O)O)c1ccc(O)cc1)CC1(O)C(=O)C(C)=CC14)O2. The van der Waals surface area contributed by atoms with E-state index in [2.05, 4.69) is 13.5 Å². The average Bonchev–Trinajstić information content (AvgIpc) is 3.28. The molecule has 3 bridgehead atoms. The highest BCUT2D eigenvalue weighted by Gasteiger charge is 2.79. The normalized spacial score (nSPS) is 39.9. The molecular weight excluding hydrogens is 560 g/mol. The molecule has 2 aromatic rings. The first-order valence-electron chi connectivity index (χ1n) is 15.2.